The van der Waals surface area contributed by atoms with Crippen molar-refractivity contribution in [2.75, 3.05) is 0 Å². The molecule has 0 spiro atoms. The van der Waals surface area contributed by atoms with E-state index in [-0.39, 0.29) is 0 Å². The number of halogens is 1. The first-order chi connectivity index (χ1) is 7.75. The number of aryl methyl sites for hydroxylation is 1. The number of alkyl halides is 1. The molecule has 0 N–H and O–H groups in total. The Bertz CT molecular complexity index is 431. The summed E-state index contributed by atoms with van der Waals surface area (Å²) in [5, 5.41) is 0. The number of rotatable bonds is 3. The fourth-order valence-corrected chi connectivity index (χ4v) is 2.39. The lowest BCUT2D eigenvalue weighted by atomic mass is 10.0. The highest BCUT2D eigenvalue weighted by molar-refractivity contribution is 9.09. The average Bonchev–Trinajstić information content (AvgIpc) is 2.31. The Hall–Kier alpha value is -1.08. The van der Waals surface area contributed by atoms with Crippen LogP contribution in [0.5, 0.6) is 0 Å². The Morgan fingerprint density at radius 3 is 2.19 bits per heavy atom. The smallest absolute Gasteiger partial charge is 0.0435 e. The van der Waals surface area contributed by atoms with Gasteiger partial charge in [-0.25, -0.2) is 0 Å². The molecule has 82 valence electrons. The summed E-state index contributed by atoms with van der Waals surface area (Å²) < 4.78 is 0. The summed E-state index contributed by atoms with van der Waals surface area (Å²) in [4.78, 5) is 0.399. The third-order valence-corrected chi connectivity index (χ3v) is 3.55. The van der Waals surface area contributed by atoms with Gasteiger partial charge >= 0.3 is 0 Å². The first-order valence-electron chi connectivity index (χ1n) is 5.50. The van der Waals surface area contributed by atoms with E-state index in [0.29, 0.717) is 4.83 Å². The zero-order valence-electron chi connectivity index (χ0n) is 9.36. The summed E-state index contributed by atoms with van der Waals surface area (Å²) >= 11 is 3.75. The fourth-order valence-electron chi connectivity index (χ4n) is 1.71. The van der Waals surface area contributed by atoms with Gasteiger partial charge < -0.3 is 0 Å². The molecule has 1 atom stereocenters. The second kappa shape index (κ2) is 5.31. The SMILES string of the molecule is Cc1ccc(C(Br)Cc2ccccc2)cc1. The number of hydrogen-bond acceptors (Lipinski definition) is 0. The van der Waals surface area contributed by atoms with E-state index in [2.05, 4.69) is 77.5 Å². The van der Waals surface area contributed by atoms with Crippen LogP contribution in [0.25, 0.3) is 0 Å². The van der Waals surface area contributed by atoms with Gasteiger partial charge in [0.15, 0.2) is 0 Å². The molecular weight excluding hydrogens is 260 g/mol. The van der Waals surface area contributed by atoms with Gasteiger partial charge in [0.05, 0.1) is 0 Å². The number of benzene rings is 2. The Kier molecular flexibility index (Phi) is 3.79. The van der Waals surface area contributed by atoms with Crippen LogP contribution in [0.3, 0.4) is 0 Å². The van der Waals surface area contributed by atoms with Crippen LogP contribution in [0, 0.1) is 6.92 Å². The molecule has 16 heavy (non-hydrogen) atoms. The van der Waals surface area contributed by atoms with Gasteiger partial charge in [0.25, 0.3) is 0 Å². The molecule has 0 bridgehead atoms. The highest BCUT2D eigenvalue weighted by Crippen LogP contribution is 2.26. The lowest BCUT2D eigenvalue weighted by Gasteiger charge is -2.10. The lowest BCUT2D eigenvalue weighted by Crippen LogP contribution is -1.95. The zero-order valence-corrected chi connectivity index (χ0v) is 10.9. The van der Waals surface area contributed by atoms with E-state index >= 15 is 0 Å². The van der Waals surface area contributed by atoms with Crippen LogP contribution >= 0.6 is 15.9 Å². The van der Waals surface area contributed by atoms with Crippen LogP contribution in [-0.2, 0) is 6.42 Å². The molecule has 0 saturated carbocycles. The first-order valence-corrected chi connectivity index (χ1v) is 6.42. The Morgan fingerprint density at radius 2 is 1.56 bits per heavy atom. The van der Waals surface area contributed by atoms with Crippen molar-refractivity contribution in [3.63, 3.8) is 0 Å². The van der Waals surface area contributed by atoms with Crippen molar-refractivity contribution in [1.29, 1.82) is 0 Å². The quantitative estimate of drug-likeness (QED) is 0.714. The highest BCUT2D eigenvalue weighted by Gasteiger charge is 2.07. The summed E-state index contributed by atoms with van der Waals surface area (Å²) in [6.45, 7) is 2.12. The molecule has 2 aromatic carbocycles. The molecular formula is C15H15Br. The minimum atomic E-state index is 0.399. The van der Waals surface area contributed by atoms with E-state index < -0.39 is 0 Å². The molecule has 0 fully saturated rings. The molecule has 0 nitrogen and oxygen atoms in total. The maximum absolute atomic E-state index is 3.75. The highest BCUT2D eigenvalue weighted by atomic mass is 79.9. The monoisotopic (exact) mass is 274 g/mol. The lowest BCUT2D eigenvalue weighted by molar-refractivity contribution is 0.948. The third-order valence-electron chi connectivity index (χ3n) is 2.70. The maximum Gasteiger partial charge on any atom is 0.0435 e. The van der Waals surface area contributed by atoms with Crippen molar-refractivity contribution in [3.05, 3.63) is 71.3 Å². The zero-order chi connectivity index (χ0) is 11.4. The van der Waals surface area contributed by atoms with Gasteiger partial charge in [-0.05, 0) is 24.5 Å². The van der Waals surface area contributed by atoms with Crippen molar-refractivity contribution in [2.45, 2.75) is 18.2 Å². The summed E-state index contributed by atoms with van der Waals surface area (Å²) in [6.07, 6.45) is 1.03. The van der Waals surface area contributed by atoms with Crippen molar-refractivity contribution in [2.24, 2.45) is 0 Å². The van der Waals surface area contributed by atoms with Crippen LogP contribution in [0.15, 0.2) is 54.6 Å². The molecule has 1 unspecified atom stereocenters. The van der Waals surface area contributed by atoms with Gasteiger partial charge in [-0.1, -0.05) is 76.1 Å². The van der Waals surface area contributed by atoms with Crippen LogP contribution in [0.1, 0.15) is 21.5 Å². The van der Waals surface area contributed by atoms with Gasteiger partial charge in [0, 0.05) is 4.83 Å². The fraction of sp³-hybridized carbons (Fsp3) is 0.200. The largest absolute Gasteiger partial charge is 0.0835 e. The Labute approximate surface area is 105 Å². The van der Waals surface area contributed by atoms with Gasteiger partial charge in [-0.2, -0.15) is 0 Å². The average molecular weight is 275 g/mol. The van der Waals surface area contributed by atoms with Crippen LogP contribution in [-0.4, -0.2) is 0 Å². The van der Waals surface area contributed by atoms with Gasteiger partial charge in [-0.15, -0.1) is 0 Å². The standard InChI is InChI=1S/C15H15Br/c1-12-7-9-14(10-8-12)15(16)11-13-5-3-2-4-6-13/h2-10,15H,11H2,1H3. The molecule has 2 aromatic rings. The van der Waals surface area contributed by atoms with E-state index in [9.17, 15) is 0 Å². The molecule has 0 aliphatic heterocycles. The Morgan fingerprint density at radius 1 is 0.938 bits per heavy atom. The van der Waals surface area contributed by atoms with Crippen molar-refractivity contribution in [3.8, 4) is 0 Å². The topological polar surface area (TPSA) is 0 Å². The molecule has 2 rings (SSSR count). The van der Waals surface area contributed by atoms with E-state index in [0.717, 1.165) is 6.42 Å². The van der Waals surface area contributed by atoms with E-state index in [1.54, 1.807) is 0 Å². The second-order valence-electron chi connectivity index (χ2n) is 4.07. The molecule has 0 aliphatic carbocycles. The van der Waals surface area contributed by atoms with Crippen LogP contribution < -0.4 is 0 Å². The van der Waals surface area contributed by atoms with Gasteiger partial charge in [-0.3, -0.25) is 0 Å². The van der Waals surface area contributed by atoms with Crippen molar-refractivity contribution < 1.29 is 0 Å². The molecule has 0 heterocycles. The van der Waals surface area contributed by atoms with E-state index in [4.69, 9.17) is 0 Å². The normalized spacial score (nSPS) is 12.4. The summed E-state index contributed by atoms with van der Waals surface area (Å²) in [7, 11) is 0. The summed E-state index contributed by atoms with van der Waals surface area (Å²) in [5.41, 5.74) is 4.02. The van der Waals surface area contributed by atoms with E-state index in [1.807, 2.05) is 0 Å². The molecule has 0 saturated heterocycles. The maximum atomic E-state index is 3.75. The first kappa shape index (κ1) is 11.4. The molecule has 1 heteroatoms. The summed E-state index contributed by atoms with van der Waals surface area (Å²) in [6, 6.07) is 19.3. The van der Waals surface area contributed by atoms with Crippen LogP contribution in [0.4, 0.5) is 0 Å². The minimum Gasteiger partial charge on any atom is -0.0835 e. The molecule has 0 aromatic heterocycles. The molecule has 0 amide bonds. The van der Waals surface area contributed by atoms with Crippen LogP contribution in [0.2, 0.25) is 0 Å². The second-order valence-corrected chi connectivity index (χ2v) is 5.17. The van der Waals surface area contributed by atoms with Crippen molar-refractivity contribution >= 4 is 15.9 Å². The van der Waals surface area contributed by atoms with Gasteiger partial charge in [0.1, 0.15) is 0 Å². The van der Waals surface area contributed by atoms with Gasteiger partial charge in [0.2, 0.25) is 0 Å². The van der Waals surface area contributed by atoms with E-state index in [1.165, 1.54) is 16.7 Å². The molecule has 0 aliphatic rings. The van der Waals surface area contributed by atoms with Crippen molar-refractivity contribution in [1.82, 2.24) is 0 Å². The third kappa shape index (κ3) is 2.96. The Balaban J connectivity index is 2.09. The predicted molar refractivity (Wildman–Crippen MR) is 73.0 cm³/mol. The number of hydrogen-bond donors (Lipinski definition) is 0. The summed E-state index contributed by atoms with van der Waals surface area (Å²) in [5.74, 6) is 0. The minimum absolute atomic E-state index is 0.399. The predicted octanol–water partition coefficient (Wildman–Crippen LogP) is 4.67. The molecule has 0 radical (unpaired) electrons.